The molecule has 118 valence electrons. The number of aromatic nitrogens is 2. The number of pyridine rings is 1. The maximum absolute atomic E-state index is 11.4. The van der Waals surface area contributed by atoms with Gasteiger partial charge in [-0.25, -0.2) is 14.8 Å². The molecule has 0 saturated carbocycles. The molecule has 0 saturated heterocycles. The number of hydrogen-bond donors (Lipinski definition) is 2. The Morgan fingerprint density at radius 2 is 2.14 bits per heavy atom. The van der Waals surface area contributed by atoms with Gasteiger partial charge in [0.2, 0.25) is 0 Å². The molecule has 0 unspecified atom stereocenters. The fraction of sp³-hybridized carbons (Fsp3) is 0.357. The van der Waals surface area contributed by atoms with E-state index in [0.717, 1.165) is 5.01 Å². The molecule has 0 radical (unpaired) electrons. The number of rotatable bonds is 4. The lowest BCUT2D eigenvalue weighted by molar-refractivity contribution is -0.0143. The number of nitrogens with one attached hydrogen (secondary N) is 1. The molecule has 8 heteroatoms. The van der Waals surface area contributed by atoms with Crippen LogP contribution in [0.2, 0.25) is 0 Å². The van der Waals surface area contributed by atoms with Gasteiger partial charge in [0.1, 0.15) is 28.7 Å². The number of hydrogen-bond acceptors (Lipinski definition) is 7. The monoisotopic (exact) mass is 322 g/mol. The smallest absolute Gasteiger partial charge is 0.431 e. The zero-order chi connectivity index (χ0) is 16.2. The number of carbonyl (C=O) groups is 1. The van der Waals surface area contributed by atoms with Crippen molar-refractivity contribution in [3.05, 3.63) is 29.3 Å². The van der Waals surface area contributed by atoms with E-state index in [1.165, 1.54) is 11.3 Å². The third-order valence-electron chi connectivity index (χ3n) is 2.32. The lowest BCUT2D eigenvalue weighted by Gasteiger charge is -2.19. The number of nitrogen functional groups attached to an aromatic ring is 1. The number of nitrogens with zero attached hydrogens (tertiary/aromatic N) is 2. The Hall–Kier alpha value is -2.19. The van der Waals surface area contributed by atoms with E-state index in [1.54, 1.807) is 26.8 Å². The molecular formula is C14H18N4O3S. The average Bonchev–Trinajstić information content (AvgIpc) is 2.85. The van der Waals surface area contributed by atoms with Crippen LogP contribution in [-0.2, 0) is 16.2 Å². The fourth-order valence-electron chi connectivity index (χ4n) is 1.53. The molecule has 7 nitrogen and oxygen atoms in total. The van der Waals surface area contributed by atoms with E-state index in [1.807, 2.05) is 17.5 Å². The summed E-state index contributed by atoms with van der Waals surface area (Å²) in [4.78, 5) is 25.1. The highest BCUT2D eigenvalue weighted by Gasteiger charge is 2.16. The van der Waals surface area contributed by atoms with Crippen LogP contribution in [-0.4, -0.2) is 21.7 Å². The summed E-state index contributed by atoms with van der Waals surface area (Å²) >= 11 is 1.43. The van der Waals surface area contributed by atoms with Crippen LogP contribution in [0.1, 0.15) is 26.5 Å². The first kappa shape index (κ1) is 16.2. The molecule has 0 atom stereocenters. The van der Waals surface area contributed by atoms with Gasteiger partial charge >= 0.3 is 6.09 Å². The molecule has 0 aliphatic carbocycles. The van der Waals surface area contributed by atoms with Crippen molar-refractivity contribution in [2.45, 2.75) is 33.0 Å². The van der Waals surface area contributed by atoms with Gasteiger partial charge in [-0.3, -0.25) is 4.84 Å². The van der Waals surface area contributed by atoms with Crippen molar-refractivity contribution < 1.29 is 14.4 Å². The Bertz CT molecular complexity index is 652. The van der Waals surface area contributed by atoms with E-state index in [0.29, 0.717) is 17.2 Å². The van der Waals surface area contributed by atoms with Gasteiger partial charge in [-0.05, 0) is 32.9 Å². The van der Waals surface area contributed by atoms with Crippen molar-refractivity contribution in [2.24, 2.45) is 0 Å². The Morgan fingerprint density at radius 3 is 2.82 bits per heavy atom. The summed E-state index contributed by atoms with van der Waals surface area (Å²) in [5, 5.41) is 2.57. The van der Waals surface area contributed by atoms with Gasteiger partial charge in [-0.2, -0.15) is 5.48 Å². The first-order valence-electron chi connectivity index (χ1n) is 6.61. The summed E-state index contributed by atoms with van der Waals surface area (Å²) < 4.78 is 5.05. The topological polar surface area (TPSA) is 99.4 Å². The Morgan fingerprint density at radius 1 is 1.36 bits per heavy atom. The molecule has 2 heterocycles. The Kier molecular flexibility index (Phi) is 4.94. The van der Waals surface area contributed by atoms with E-state index < -0.39 is 11.7 Å². The van der Waals surface area contributed by atoms with Gasteiger partial charge in [0.25, 0.3) is 0 Å². The lowest BCUT2D eigenvalue weighted by atomic mass is 10.2. The van der Waals surface area contributed by atoms with Crippen LogP contribution in [0.3, 0.4) is 0 Å². The van der Waals surface area contributed by atoms with Crippen molar-refractivity contribution in [3.8, 4) is 10.7 Å². The molecule has 0 aromatic carbocycles. The highest BCUT2D eigenvalue weighted by atomic mass is 32.1. The normalized spacial score (nSPS) is 11.2. The number of amides is 1. The van der Waals surface area contributed by atoms with Gasteiger partial charge in [0.05, 0.1) is 5.69 Å². The van der Waals surface area contributed by atoms with Crippen LogP contribution in [0.15, 0.2) is 23.6 Å². The fourth-order valence-corrected chi connectivity index (χ4v) is 2.30. The highest BCUT2D eigenvalue weighted by molar-refractivity contribution is 7.13. The zero-order valence-corrected chi connectivity index (χ0v) is 13.4. The van der Waals surface area contributed by atoms with E-state index in [4.69, 9.17) is 15.3 Å². The third kappa shape index (κ3) is 4.97. The molecule has 0 aliphatic heterocycles. The summed E-state index contributed by atoms with van der Waals surface area (Å²) in [5.41, 5.74) is 8.68. The summed E-state index contributed by atoms with van der Waals surface area (Å²) in [6, 6.07) is 5.37. The minimum absolute atomic E-state index is 0.137. The largest absolute Gasteiger partial charge is 0.442 e. The quantitative estimate of drug-likeness (QED) is 0.840. The van der Waals surface area contributed by atoms with Crippen molar-refractivity contribution in [3.63, 3.8) is 0 Å². The minimum atomic E-state index is -0.638. The van der Waals surface area contributed by atoms with Gasteiger partial charge in [-0.15, -0.1) is 11.3 Å². The molecule has 0 fully saturated rings. The SMILES string of the molecule is CC(C)(C)OC(=O)NOCc1csc(-c2cccc(N)n2)n1. The number of carbonyl (C=O) groups excluding carboxylic acids is 1. The molecule has 3 N–H and O–H groups in total. The van der Waals surface area contributed by atoms with Crippen molar-refractivity contribution in [2.75, 3.05) is 5.73 Å². The number of hydroxylamine groups is 1. The van der Waals surface area contributed by atoms with Crippen LogP contribution < -0.4 is 11.2 Å². The first-order valence-corrected chi connectivity index (χ1v) is 7.49. The van der Waals surface area contributed by atoms with Crippen molar-refractivity contribution >= 4 is 23.2 Å². The molecule has 0 aliphatic rings. The lowest BCUT2D eigenvalue weighted by Crippen LogP contribution is -2.32. The van der Waals surface area contributed by atoms with E-state index >= 15 is 0 Å². The summed E-state index contributed by atoms with van der Waals surface area (Å²) in [6.07, 6.45) is -0.638. The first-order chi connectivity index (χ1) is 10.3. The zero-order valence-electron chi connectivity index (χ0n) is 12.6. The van der Waals surface area contributed by atoms with Crippen molar-refractivity contribution in [1.29, 1.82) is 0 Å². The van der Waals surface area contributed by atoms with Crippen LogP contribution in [0.25, 0.3) is 10.7 Å². The highest BCUT2D eigenvalue weighted by Crippen LogP contribution is 2.22. The molecule has 2 aromatic heterocycles. The van der Waals surface area contributed by atoms with Crippen LogP contribution in [0.5, 0.6) is 0 Å². The molecular weight excluding hydrogens is 304 g/mol. The van der Waals surface area contributed by atoms with E-state index in [-0.39, 0.29) is 6.61 Å². The summed E-state index contributed by atoms with van der Waals surface area (Å²) in [6.45, 7) is 5.46. The van der Waals surface area contributed by atoms with Gasteiger partial charge in [-0.1, -0.05) is 6.07 Å². The second-order valence-electron chi connectivity index (χ2n) is 5.48. The number of thiazole rings is 1. The molecule has 1 amide bonds. The number of nitrogens with two attached hydrogens (primary N) is 1. The van der Waals surface area contributed by atoms with Gasteiger partial charge in [0.15, 0.2) is 0 Å². The maximum atomic E-state index is 11.4. The standard InChI is InChI=1S/C14H18N4O3S/c1-14(2,3)21-13(19)18-20-7-9-8-22-12(16-9)10-5-4-6-11(15)17-10/h4-6,8H,7H2,1-3H3,(H2,15,17)(H,18,19). The predicted octanol–water partition coefficient (Wildman–Crippen LogP) is 2.74. The molecule has 0 bridgehead atoms. The minimum Gasteiger partial charge on any atom is -0.442 e. The number of ether oxygens (including phenoxy) is 1. The molecule has 0 spiro atoms. The molecule has 2 aromatic rings. The summed E-state index contributed by atoms with van der Waals surface area (Å²) in [7, 11) is 0. The molecule has 2 rings (SSSR count). The Balaban J connectivity index is 1.87. The third-order valence-corrected chi connectivity index (χ3v) is 3.23. The van der Waals surface area contributed by atoms with Crippen LogP contribution in [0.4, 0.5) is 10.6 Å². The number of anilines is 1. The van der Waals surface area contributed by atoms with Gasteiger partial charge < -0.3 is 10.5 Å². The second-order valence-corrected chi connectivity index (χ2v) is 6.34. The molecule has 22 heavy (non-hydrogen) atoms. The average molecular weight is 322 g/mol. The predicted molar refractivity (Wildman–Crippen MR) is 83.9 cm³/mol. The van der Waals surface area contributed by atoms with Crippen LogP contribution >= 0.6 is 11.3 Å². The summed E-state index contributed by atoms with van der Waals surface area (Å²) in [5.74, 6) is 0.442. The maximum Gasteiger partial charge on any atom is 0.431 e. The van der Waals surface area contributed by atoms with E-state index in [9.17, 15) is 4.79 Å². The van der Waals surface area contributed by atoms with Crippen LogP contribution in [0, 0.1) is 0 Å². The van der Waals surface area contributed by atoms with Crippen molar-refractivity contribution in [1.82, 2.24) is 15.4 Å². The van der Waals surface area contributed by atoms with Gasteiger partial charge in [0, 0.05) is 5.38 Å². The van der Waals surface area contributed by atoms with E-state index in [2.05, 4.69) is 15.4 Å². The Labute approximate surface area is 132 Å². The second kappa shape index (κ2) is 6.71.